The first-order chi connectivity index (χ1) is 10.1. The molecule has 0 spiro atoms. The molecule has 0 aliphatic heterocycles. The van der Waals surface area contributed by atoms with E-state index in [2.05, 4.69) is 31.3 Å². The molecule has 0 radical (unpaired) electrons. The summed E-state index contributed by atoms with van der Waals surface area (Å²) in [6.07, 6.45) is 6.12. The minimum atomic E-state index is -0.340. The molecule has 1 aromatic carbocycles. The Morgan fingerprint density at radius 2 is 1.95 bits per heavy atom. The number of carbonyl (C=O) groups is 1. The van der Waals surface area contributed by atoms with Crippen LogP contribution in [0.2, 0.25) is 0 Å². The van der Waals surface area contributed by atoms with Gasteiger partial charge in [-0.3, -0.25) is 5.32 Å². The van der Waals surface area contributed by atoms with Gasteiger partial charge in [0.25, 0.3) is 0 Å². The predicted octanol–water partition coefficient (Wildman–Crippen LogP) is 3.83. The number of ether oxygens (including phenoxy) is 1. The van der Waals surface area contributed by atoms with Crippen LogP contribution in [0.5, 0.6) is 0 Å². The molecule has 0 aromatic heterocycles. The average molecular weight is 289 g/mol. The zero-order valence-electron chi connectivity index (χ0n) is 13.4. The van der Waals surface area contributed by atoms with Crippen LogP contribution in [0.4, 0.5) is 0 Å². The number of nitrogens with one attached hydrogen (secondary N) is 1. The van der Waals surface area contributed by atoms with E-state index in [1.807, 2.05) is 13.0 Å². The van der Waals surface area contributed by atoms with Crippen molar-refractivity contribution in [2.24, 2.45) is 0 Å². The largest absolute Gasteiger partial charge is 0.465 e. The molecule has 1 aromatic rings. The van der Waals surface area contributed by atoms with E-state index in [9.17, 15) is 4.79 Å². The Kier molecular flexibility index (Phi) is 5.80. The van der Waals surface area contributed by atoms with Crippen LogP contribution in [0.3, 0.4) is 0 Å². The summed E-state index contributed by atoms with van der Waals surface area (Å²) in [5.74, 6) is -0.161. The first-order valence-corrected chi connectivity index (χ1v) is 8.11. The van der Waals surface area contributed by atoms with Crippen LogP contribution in [0, 0.1) is 13.8 Å². The van der Waals surface area contributed by atoms with Gasteiger partial charge in [-0.1, -0.05) is 37.5 Å². The monoisotopic (exact) mass is 289 g/mol. The molecule has 0 bridgehead atoms. The van der Waals surface area contributed by atoms with Crippen molar-refractivity contribution in [1.29, 1.82) is 0 Å². The number of carbonyl (C=O) groups excluding carboxylic acids is 1. The van der Waals surface area contributed by atoms with Crippen molar-refractivity contribution in [3.05, 3.63) is 34.9 Å². The van der Waals surface area contributed by atoms with Crippen LogP contribution in [-0.2, 0) is 9.53 Å². The van der Waals surface area contributed by atoms with Gasteiger partial charge < -0.3 is 4.74 Å². The third-order valence-corrected chi connectivity index (χ3v) is 4.39. The fourth-order valence-corrected chi connectivity index (χ4v) is 2.98. The minimum Gasteiger partial charge on any atom is -0.465 e. The van der Waals surface area contributed by atoms with Gasteiger partial charge in [0.05, 0.1) is 6.61 Å². The standard InChI is InChI=1S/C18H27NO2/c1-4-21-18(20)17(19-16-8-6-5-7-9-16)15-11-10-13(2)14(3)12-15/h10-12,16-17,19H,4-9H2,1-3H3. The molecule has 1 N–H and O–H groups in total. The molecule has 1 aliphatic rings. The molecule has 1 unspecified atom stereocenters. The maximum atomic E-state index is 12.3. The molecule has 21 heavy (non-hydrogen) atoms. The van der Waals surface area contributed by atoms with Crippen molar-refractivity contribution in [1.82, 2.24) is 5.32 Å². The van der Waals surface area contributed by atoms with Gasteiger partial charge in [-0.25, -0.2) is 4.79 Å². The SMILES string of the molecule is CCOC(=O)C(NC1CCCCC1)c1ccc(C)c(C)c1. The maximum absolute atomic E-state index is 12.3. The van der Waals surface area contributed by atoms with Crippen molar-refractivity contribution in [2.45, 2.75) is 65.0 Å². The second-order valence-corrected chi connectivity index (χ2v) is 6.03. The first kappa shape index (κ1) is 16.0. The molecule has 1 aliphatic carbocycles. The molecule has 0 amide bonds. The van der Waals surface area contributed by atoms with Crippen molar-refractivity contribution in [3.63, 3.8) is 0 Å². The summed E-state index contributed by atoms with van der Waals surface area (Å²) in [4.78, 5) is 12.3. The summed E-state index contributed by atoms with van der Waals surface area (Å²) in [5, 5.41) is 3.53. The molecule has 3 heteroatoms. The fraction of sp³-hybridized carbons (Fsp3) is 0.611. The molecule has 1 atom stereocenters. The Hall–Kier alpha value is -1.35. The molecule has 0 heterocycles. The average Bonchev–Trinajstić information content (AvgIpc) is 2.49. The number of esters is 1. The van der Waals surface area contributed by atoms with E-state index in [1.165, 1.54) is 30.4 Å². The van der Waals surface area contributed by atoms with E-state index in [-0.39, 0.29) is 12.0 Å². The summed E-state index contributed by atoms with van der Waals surface area (Å²) in [6, 6.07) is 6.31. The highest BCUT2D eigenvalue weighted by atomic mass is 16.5. The number of aryl methyl sites for hydroxylation is 2. The second kappa shape index (κ2) is 7.60. The highest BCUT2D eigenvalue weighted by Crippen LogP contribution is 2.24. The summed E-state index contributed by atoms with van der Waals surface area (Å²) in [6.45, 7) is 6.46. The fourth-order valence-electron chi connectivity index (χ4n) is 2.98. The van der Waals surface area contributed by atoms with Crippen LogP contribution in [0.25, 0.3) is 0 Å². The molecular formula is C18H27NO2. The quantitative estimate of drug-likeness (QED) is 0.837. The van der Waals surface area contributed by atoms with Gasteiger partial charge in [0.15, 0.2) is 0 Å². The lowest BCUT2D eigenvalue weighted by Crippen LogP contribution is -2.39. The summed E-state index contributed by atoms with van der Waals surface area (Å²) >= 11 is 0. The third-order valence-electron chi connectivity index (χ3n) is 4.39. The van der Waals surface area contributed by atoms with E-state index in [0.717, 1.165) is 18.4 Å². The minimum absolute atomic E-state index is 0.161. The lowest BCUT2D eigenvalue weighted by atomic mass is 9.93. The van der Waals surface area contributed by atoms with E-state index in [0.29, 0.717) is 12.6 Å². The number of hydrogen-bond donors (Lipinski definition) is 1. The Morgan fingerprint density at radius 1 is 1.24 bits per heavy atom. The Morgan fingerprint density at radius 3 is 2.57 bits per heavy atom. The molecule has 116 valence electrons. The van der Waals surface area contributed by atoms with Crippen LogP contribution < -0.4 is 5.32 Å². The topological polar surface area (TPSA) is 38.3 Å². The third kappa shape index (κ3) is 4.31. The maximum Gasteiger partial charge on any atom is 0.327 e. The Labute approximate surface area is 128 Å². The Bertz CT molecular complexity index is 478. The van der Waals surface area contributed by atoms with Crippen molar-refractivity contribution in [3.8, 4) is 0 Å². The smallest absolute Gasteiger partial charge is 0.327 e. The van der Waals surface area contributed by atoms with Crippen LogP contribution >= 0.6 is 0 Å². The summed E-state index contributed by atoms with van der Waals surface area (Å²) < 4.78 is 5.27. The number of rotatable bonds is 5. The van der Waals surface area contributed by atoms with E-state index in [4.69, 9.17) is 4.74 Å². The van der Waals surface area contributed by atoms with Crippen LogP contribution in [-0.4, -0.2) is 18.6 Å². The van der Waals surface area contributed by atoms with Gasteiger partial charge in [-0.05, 0) is 50.3 Å². The Balaban J connectivity index is 2.17. The van der Waals surface area contributed by atoms with Crippen LogP contribution in [0.1, 0.15) is 61.8 Å². The number of hydrogen-bond acceptors (Lipinski definition) is 3. The second-order valence-electron chi connectivity index (χ2n) is 6.03. The predicted molar refractivity (Wildman–Crippen MR) is 85.3 cm³/mol. The van der Waals surface area contributed by atoms with E-state index < -0.39 is 0 Å². The van der Waals surface area contributed by atoms with E-state index in [1.54, 1.807) is 0 Å². The number of benzene rings is 1. The van der Waals surface area contributed by atoms with Crippen molar-refractivity contribution >= 4 is 5.97 Å². The van der Waals surface area contributed by atoms with Gasteiger partial charge in [-0.15, -0.1) is 0 Å². The summed E-state index contributed by atoms with van der Waals surface area (Å²) in [5.41, 5.74) is 3.48. The molecule has 0 saturated heterocycles. The lowest BCUT2D eigenvalue weighted by molar-refractivity contribution is -0.146. The highest BCUT2D eigenvalue weighted by Gasteiger charge is 2.26. The highest BCUT2D eigenvalue weighted by molar-refractivity contribution is 5.77. The molecule has 3 nitrogen and oxygen atoms in total. The van der Waals surface area contributed by atoms with E-state index >= 15 is 0 Å². The van der Waals surface area contributed by atoms with Crippen molar-refractivity contribution < 1.29 is 9.53 Å². The normalized spacial score (nSPS) is 17.5. The van der Waals surface area contributed by atoms with Gasteiger partial charge >= 0.3 is 5.97 Å². The first-order valence-electron chi connectivity index (χ1n) is 8.11. The molecular weight excluding hydrogens is 262 g/mol. The van der Waals surface area contributed by atoms with Crippen molar-refractivity contribution in [2.75, 3.05) is 6.61 Å². The van der Waals surface area contributed by atoms with Gasteiger partial charge in [-0.2, -0.15) is 0 Å². The van der Waals surface area contributed by atoms with Gasteiger partial charge in [0, 0.05) is 6.04 Å². The lowest BCUT2D eigenvalue weighted by Gasteiger charge is -2.28. The van der Waals surface area contributed by atoms with Gasteiger partial charge in [0.2, 0.25) is 0 Å². The molecule has 2 rings (SSSR count). The summed E-state index contributed by atoms with van der Waals surface area (Å²) in [7, 11) is 0. The van der Waals surface area contributed by atoms with Gasteiger partial charge in [0.1, 0.15) is 6.04 Å². The molecule has 1 fully saturated rings. The zero-order valence-corrected chi connectivity index (χ0v) is 13.4. The molecule has 1 saturated carbocycles. The zero-order chi connectivity index (χ0) is 15.2. The van der Waals surface area contributed by atoms with Crippen LogP contribution in [0.15, 0.2) is 18.2 Å².